The molecule has 0 aromatic carbocycles. The molecule has 0 saturated carbocycles. The Balaban J connectivity index is 1.72. The van der Waals surface area contributed by atoms with Crippen LogP contribution in [-0.2, 0) is 0 Å². The van der Waals surface area contributed by atoms with Crippen LogP contribution in [0.4, 0.5) is 5.82 Å². The van der Waals surface area contributed by atoms with Gasteiger partial charge >= 0.3 is 0 Å². The summed E-state index contributed by atoms with van der Waals surface area (Å²) >= 11 is 3.73. The molecule has 22 heavy (non-hydrogen) atoms. The molecular weight excluding hydrogens is 314 g/mol. The van der Waals surface area contributed by atoms with Gasteiger partial charge in [0, 0.05) is 35.0 Å². The second-order valence-corrected chi connectivity index (χ2v) is 7.53. The number of anilines is 1. The Morgan fingerprint density at radius 2 is 2.23 bits per heavy atom. The lowest BCUT2D eigenvalue weighted by molar-refractivity contribution is 0.710. The fourth-order valence-electron chi connectivity index (χ4n) is 2.69. The molecule has 4 rings (SSSR count). The average molecular weight is 331 g/mol. The van der Waals surface area contributed by atoms with Gasteiger partial charge in [-0.3, -0.25) is 0 Å². The quantitative estimate of drug-likeness (QED) is 0.737. The van der Waals surface area contributed by atoms with Crippen molar-refractivity contribution in [2.45, 2.75) is 18.6 Å². The van der Waals surface area contributed by atoms with E-state index in [9.17, 15) is 0 Å². The van der Waals surface area contributed by atoms with E-state index in [1.54, 1.807) is 11.3 Å². The second kappa shape index (κ2) is 5.89. The first-order chi connectivity index (χ1) is 10.8. The zero-order valence-electron chi connectivity index (χ0n) is 12.3. The molecule has 0 aliphatic carbocycles. The minimum Gasteiger partial charge on any atom is -0.353 e. The van der Waals surface area contributed by atoms with Gasteiger partial charge < -0.3 is 4.90 Å². The predicted molar refractivity (Wildman–Crippen MR) is 92.8 cm³/mol. The molecular formula is C15H17N5S2. The first-order valence-corrected chi connectivity index (χ1v) is 9.46. The number of rotatable bonds is 3. The lowest BCUT2D eigenvalue weighted by Gasteiger charge is -2.32. The van der Waals surface area contributed by atoms with Crippen LogP contribution in [0.5, 0.6) is 0 Å². The third-order valence-corrected chi connectivity index (χ3v) is 6.00. The van der Waals surface area contributed by atoms with E-state index in [0.717, 1.165) is 41.7 Å². The number of fused-ring (bicyclic) bond motifs is 1. The Morgan fingerprint density at radius 1 is 1.27 bits per heavy atom. The molecule has 1 aliphatic heterocycles. The van der Waals surface area contributed by atoms with Crippen LogP contribution in [0.2, 0.25) is 0 Å². The van der Waals surface area contributed by atoms with Gasteiger partial charge in [0.15, 0.2) is 11.5 Å². The maximum absolute atomic E-state index is 4.80. The van der Waals surface area contributed by atoms with Crippen molar-refractivity contribution in [3.05, 3.63) is 29.0 Å². The molecule has 114 valence electrons. The molecule has 1 fully saturated rings. The van der Waals surface area contributed by atoms with Gasteiger partial charge in [-0.15, -0.1) is 15.3 Å². The van der Waals surface area contributed by atoms with Crippen LogP contribution in [0.25, 0.3) is 17.0 Å². The van der Waals surface area contributed by atoms with Crippen molar-refractivity contribution in [1.82, 2.24) is 19.8 Å². The number of thiophene rings is 1. The molecule has 7 heteroatoms. The molecule has 0 bridgehead atoms. The van der Waals surface area contributed by atoms with E-state index in [4.69, 9.17) is 5.10 Å². The van der Waals surface area contributed by atoms with Gasteiger partial charge in [0.05, 0.1) is 0 Å². The van der Waals surface area contributed by atoms with Crippen molar-refractivity contribution < 1.29 is 0 Å². The summed E-state index contributed by atoms with van der Waals surface area (Å²) in [7, 11) is 0. The topological polar surface area (TPSA) is 46.3 Å². The lowest BCUT2D eigenvalue weighted by Crippen LogP contribution is -2.38. The highest BCUT2D eigenvalue weighted by Gasteiger charge is 2.21. The molecule has 0 spiro atoms. The lowest BCUT2D eigenvalue weighted by atomic mass is 10.3. The highest BCUT2D eigenvalue weighted by molar-refractivity contribution is 8.00. The third kappa shape index (κ3) is 2.48. The summed E-state index contributed by atoms with van der Waals surface area (Å²) in [4.78, 5) is 2.38. The second-order valence-electron chi connectivity index (χ2n) is 5.34. The van der Waals surface area contributed by atoms with Gasteiger partial charge in [-0.05, 0) is 30.0 Å². The predicted octanol–water partition coefficient (Wildman–Crippen LogP) is 3.18. The highest BCUT2D eigenvalue weighted by atomic mass is 32.2. The summed E-state index contributed by atoms with van der Waals surface area (Å²) in [5, 5.41) is 18.1. The Morgan fingerprint density at radius 3 is 3.05 bits per heavy atom. The van der Waals surface area contributed by atoms with Crippen molar-refractivity contribution in [3.63, 3.8) is 0 Å². The van der Waals surface area contributed by atoms with E-state index in [2.05, 4.69) is 51.3 Å². The third-order valence-electron chi connectivity index (χ3n) is 3.95. The van der Waals surface area contributed by atoms with Crippen molar-refractivity contribution in [1.29, 1.82) is 0 Å². The monoisotopic (exact) mass is 331 g/mol. The average Bonchev–Trinajstić information content (AvgIpc) is 3.23. The van der Waals surface area contributed by atoms with Gasteiger partial charge in [-0.2, -0.15) is 27.6 Å². The molecule has 4 heterocycles. The van der Waals surface area contributed by atoms with Gasteiger partial charge in [0.2, 0.25) is 0 Å². The Hall–Kier alpha value is -1.60. The van der Waals surface area contributed by atoms with E-state index < -0.39 is 0 Å². The van der Waals surface area contributed by atoms with E-state index in [-0.39, 0.29) is 0 Å². The van der Waals surface area contributed by atoms with Crippen LogP contribution in [0.1, 0.15) is 13.3 Å². The summed E-state index contributed by atoms with van der Waals surface area (Å²) in [6.45, 7) is 4.37. The molecule has 1 saturated heterocycles. The van der Waals surface area contributed by atoms with Gasteiger partial charge in [0.1, 0.15) is 5.82 Å². The number of nitrogens with zero attached hydrogens (tertiary/aromatic N) is 5. The SMILES string of the molecule is CCC1CN(c2ccc3nnc(-c4ccsc4)n3n2)CCS1. The number of hydrogen-bond donors (Lipinski definition) is 0. The fraction of sp³-hybridized carbons (Fsp3) is 0.400. The van der Waals surface area contributed by atoms with Crippen molar-refractivity contribution in [2.75, 3.05) is 23.7 Å². The number of thioether (sulfide) groups is 1. The van der Waals surface area contributed by atoms with Crippen LogP contribution in [-0.4, -0.2) is 43.9 Å². The summed E-state index contributed by atoms with van der Waals surface area (Å²) in [5.41, 5.74) is 1.87. The highest BCUT2D eigenvalue weighted by Crippen LogP contribution is 2.26. The standard InChI is InChI=1S/C15H17N5S2/c1-2-12-9-19(6-8-22-12)14-4-3-13-16-17-15(20(13)18-14)11-5-7-21-10-11/h3-5,7,10,12H,2,6,8-9H2,1H3. The summed E-state index contributed by atoms with van der Waals surface area (Å²) in [6.07, 6.45) is 1.20. The maximum atomic E-state index is 4.80. The minimum atomic E-state index is 0.698. The zero-order chi connectivity index (χ0) is 14.9. The molecule has 0 radical (unpaired) electrons. The smallest absolute Gasteiger partial charge is 0.186 e. The van der Waals surface area contributed by atoms with Crippen molar-refractivity contribution in [3.8, 4) is 11.4 Å². The molecule has 3 aromatic rings. The van der Waals surface area contributed by atoms with Gasteiger partial charge in [-0.1, -0.05) is 6.92 Å². The molecule has 1 unspecified atom stereocenters. The summed E-state index contributed by atoms with van der Waals surface area (Å²) < 4.78 is 1.86. The first kappa shape index (κ1) is 14.0. The first-order valence-electron chi connectivity index (χ1n) is 7.46. The van der Waals surface area contributed by atoms with Crippen LogP contribution in [0.3, 0.4) is 0 Å². The number of aromatic nitrogens is 4. The largest absolute Gasteiger partial charge is 0.353 e. The van der Waals surface area contributed by atoms with Gasteiger partial charge in [-0.25, -0.2) is 0 Å². The molecule has 0 amide bonds. The summed E-state index contributed by atoms with van der Waals surface area (Å²) in [5.74, 6) is 3.00. The summed E-state index contributed by atoms with van der Waals surface area (Å²) in [6, 6.07) is 6.12. The Labute approximate surface area is 137 Å². The minimum absolute atomic E-state index is 0.698. The van der Waals surface area contributed by atoms with Gasteiger partial charge in [0.25, 0.3) is 0 Å². The molecule has 1 aliphatic rings. The van der Waals surface area contributed by atoms with Crippen molar-refractivity contribution >= 4 is 34.6 Å². The van der Waals surface area contributed by atoms with E-state index in [1.807, 2.05) is 16.0 Å². The van der Waals surface area contributed by atoms with Crippen molar-refractivity contribution in [2.24, 2.45) is 0 Å². The Bertz CT molecular complexity index is 767. The molecule has 0 N–H and O–H groups in total. The molecule has 1 atom stereocenters. The number of hydrogen-bond acceptors (Lipinski definition) is 6. The van der Waals surface area contributed by atoms with E-state index >= 15 is 0 Å². The van der Waals surface area contributed by atoms with Crippen LogP contribution >= 0.6 is 23.1 Å². The van der Waals surface area contributed by atoms with E-state index in [1.165, 1.54) is 6.42 Å². The fourth-order valence-corrected chi connectivity index (χ4v) is 4.51. The molecule has 3 aromatic heterocycles. The molecule has 5 nitrogen and oxygen atoms in total. The van der Waals surface area contributed by atoms with Crippen LogP contribution in [0, 0.1) is 0 Å². The van der Waals surface area contributed by atoms with Crippen LogP contribution < -0.4 is 4.90 Å². The normalized spacial score (nSPS) is 19.0. The van der Waals surface area contributed by atoms with Crippen LogP contribution in [0.15, 0.2) is 29.0 Å². The Kier molecular flexibility index (Phi) is 3.75. The maximum Gasteiger partial charge on any atom is 0.186 e. The zero-order valence-corrected chi connectivity index (χ0v) is 14.0. The van der Waals surface area contributed by atoms with E-state index in [0.29, 0.717) is 5.25 Å².